The molecular formula is C21H19ClN2O. The van der Waals surface area contributed by atoms with Crippen molar-refractivity contribution in [3.8, 4) is 0 Å². The van der Waals surface area contributed by atoms with Gasteiger partial charge in [-0.3, -0.25) is 9.78 Å². The molecule has 1 N–H and O–H groups in total. The van der Waals surface area contributed by atoms with Crippen LogP contribution in [0.15, 0.2) is 36.4 Å². The van der Waals surface area contributed by atoms with Gasteiger partial charge in [0.15, 0.2) is 0 Å². The predicted octanol–water partition coefficient (Wildman–Crippen LogP) is 5.25. The molecule has 25 heavy (non-hydrogen) atoms. The Morgan fingerprint density at radius 2 is 2.00 bits per heavy atom. The van der Waals surface area contributed by atoms with Crippen molar-refractivity contribution in [2.75, 3.05) is 5.32 Å². The van der Waals surface area contributed by atoms with Gasteiger partial charge in [-0.15, -0.1) is 0 Å². The maximum atomic E-state index is 13.2. The summed E-state index contributed by atoms with van der Waals surface area (Å²) in [7, 11) is 0. The van der Waals surface area contributed by atoms with Gasteiger partial charge < -0.3 is 5.32 Å². The summed E-state index contributed by atoms with van der Waals surface area (Å²) in [5, 5.41) is 4.55. The molecule has 0 fully saturated rings. The minimum absolute atomic E-state index is 0.0819. The molecule has 0 saturated carbocycles. The Balaban J connectivity index is 1.86. The van der Waals surface area contributed by atoms with Crippen molar-refractivity contribution in [2.45, 2.75) is 33.1 Å². The van der Waals surface area contributed by atoms with E-state index < -0.39 is 0 Å². The predicted molar refractivity (Wildman–Crippen MR) is 103 cm³/mol. The van der Waals surface area contributed by atoms with Gasteiger partial charge in [-0.25, -0.2) is 0 Å². The number of pyridine rings is 1. The molecule has 0 spiro atoms. The third kappa shape index (κ3) is 2.79. The van der Waals surface area contributed by atoms with E-state index in [2.05, 4.69) is 5.32 Å². The SMILES string of the molecule is Cc1cccc(NC(=O)c2c3c(nc4ccc(Cl)cc24)CCC3)c1C. The van der Waals surface area contributed by atoms with Crippen LogP contribution >= 0.6 is 11.6 Å². The summed E-state index contributed by atoms with van der Waals surface area (Å²) in [4.78, 5) is 17.9. The molecule has 126 valence electrons. The summed E-state index contributed by atoms with van der Waals surface area (Å²) in [5.74, 6) is -0.0819. The number of hydrogen-bond acceptors (Lipinski definition) is 2. The molecular weight excluding hydrogens is 332 g/mol. The van der Waals surface area contributed by atoms with E-state index in [1.807, 2.05) is 50.2 Å². The van der Waals surface area contributed by atoms with Crippen molar-refractivity contribution < 1.29 is 4.79 Å². The first-order valence-corrected chi connectivity index (χ1v) is 8.91. The number of nitrogens with one attached hydrogen (secondary N) is 1. The molecule has 1 aliphatic carbocycles. The Hall–Kier alpha value is -2.39. The van der Waals surface area contributed by atoms with Crippen LogP contribution in [0.1, 0.15) is 39.2 Å². The van der Waals surface area contributed by atoms with Gasteiger partial charge in [0.05, 0.1) is 11.1 Å². The molecule has 0 radical (unpaired) electrons. The number of nitrogens with zero attached hydrogens (tertiary/aromatic N) is 1. The number of amides is 1. The Morgan fingerprint density at radius 3 is 2.84 bits per heavy atom. The van der Waals surface area contributed by atoms with Crippen LogP contribution in [0.3, 0.4) is 0 Å². The molecule has 4 rings (SSSR count). The van der Waals surface area contributed by atoms with Gasteiger partial charge in [0.1, 0.15) is 0 Å². The van der Waals surface area contributed by atoms with Crippen molar-refractivity contribution >= 4 is 34.1 Å². The van der Waals surface area contributed by atoms with Crippen LogP contribution in [0, 0.1) is 13.8 Å². The van der Waals surface area contributed by atoms with Crippen molar-refractivity contribution in [2.24, 2.45) is 0 Å². The quantitative estimate of drug-likeness (QED) is 0.686. The van der Waals surface area contributed by atoms with Crippen LogP contribution in [-0.4, -0.2) is 10.9 Å². The first-order chi connectivity index (χ1) is 12.0. The fourth-order valence-electron chi connectivity index (χ4n) is 3.57. The van der Waals surface area contributed by atoms with Gasteiger partial charge >= 0.3 is 0 Å². The monoisotopic (exact) mass is 350 g/mol. The number of aromatic nitrogens is 1. The molecule has 0 saturated heterocycles. The van der Waals surface area contributed by atoms with E-state index >= 15 is 0 Å². The minimum atomic E-state index is -0.0819. The highest BCUT2D eigenvalue weighted by atomic mass is 35.5. The molecule has 3 nitrogen and oxygen atoms in total. The molecule has 0 bridgehead atoms. The Bertz CT molecular complexity index is 1010. The largest absolute Gasteiger partial charge is 0.322 e. The van der Waals surface area contributed by atoms with Crippen molar-refractivity contribution in [1.82, 2.24) is 4.98 Å². The third-order valence-electron chi connectivity index (χ3n) is 5.05. The van der Waals surface area contributed by atoms with E-state index in [0.29, 0.717) is 5.02 Å². The smallest absolute Gasteiger partial charge is 0.256 e. The van der Waals surface area contributed by atoms with E-state index in [1.54, 1.807) is 0 Å². The van der Waals surface area contributed by atoms with Crippen LogP contribution < -0.4 is 5.32 Å². The Labute approximate surface area is 152 Å². The van der Waals surface area contributed by atoms with Crippen LogP contribution in [0.25, 0.3) is 10.9 Å². The molecule has 1 heterocycles. The maximum Gasteiger partial charge on any atom is 0.256 e. The van der Waals surface area contributed by atoms with Gasteiger partial charge in [0.25, 0.3) is 5.91 Å². The number of carbonyl (C=O) groups is 1. The second-order valence-electron chi connectivity index (χ2n) is 6.63. The molecule has 1 aliphatic rings. The van der Waals surface area contributed by atoms with Gasteiger partial charge in [-0.2, -0.15) is 0 Å². The van der Waals surface area contributed by atoms with Gasteiger partial charge in [0, 0.05) is 21.8 Å². The standard InChI is InChI=1S/C21H19ClN2O/c1-12-5-3-7-17(13(12)2)24-21(25)20-15-6-4-8-18(15)23-19-10-9-14(22)11-16(19)20/h3,5,7,9-11H,4,6,8H2,1-2H3,(H,24,25). The highest BCUT2D eigenvalue weighted by Gasteiger charge is 2.24. The van der Waals surface area contributed by atoms with Crippen LogP contribution in [0.2, 0.25) is 5.02 Å². The zero-order valence-electron chi connectivity index (χ0n) is 14.3. The van der Waals surface area contributed by atoms with Gasteiger partial charge in [0.2, 0.25) is 0 Å². The lowest BCUT2D eigenvalue weighted by Crippen LogP contribution is -2.16. The average Bonchev–Trinajstić information content (AvgIpc) is 3.04. The molecule has 0 atom stereocenters. The second kappa shape index (κ2) is 6.16. The van der Waals surface area contributed by atoms with E-state index in [1.165, 1.54) is 0 Å². The number of hydrogen-bond donors (Lipinski definition) is 1. The van der Waals surface area contributed by atoms with E-state index in [4.69, 9.17) is 16.6 Å². The summed E-state index contributed by atoms with van der Waals surface area (Å²) in [6.07, 6.45) is 2.86. The van der Waals surface area contributed by atoms with Gasteiger partial charge in [-0.05, 0) is 74.1 Å². The second-order valence-corrected chi connectivity index (χ2v) is 7.07. The lowest BCUT2D eigenvalue weighted by Gasteiger charge is -2.15. The van der Waals surface area contributed by atoms with E-state index in [9.17, 15) is 4.79 Å². The lowest BCUT2D eigenvalue weighted by atomic mass is 10.00. The zero-order chi connectivity index (χ0) is 17.6. The maximum absolute atomic E-state index is 13.2. The van der Waals surface area contributed by atoms with Crippen molar-refractivity contribution in [1.29, 1.82) is 0 Å². The molecule has 3 aromatic rings. The third-order valence-corrected chi connectivity index (χ3v) is 5.29. The molecule has 2 aromatic carbocycles. The Kier molecular flexibility index (Phi) is 3.97. The minimum Gasteiger partial charge on any atom is -0.322 e. The summed E-state index contributed by atoms with van der Waals surface area (Å²) in [6.45, 7) is 4.07. The fourth-order valence-corrected chi connectivity index (χ4v) is 3.74. The summed E-state index contributed by atoms with van der Waals surface area (Å²) in [5.41, 5.74) is 6.76. The topological polar surface area (TPSA) is 42.0 Å². The van der Waals surface area contributed by atoms with E-state index in [0.717, 1.165) is 63.8 Å². The number of aryl methyl sites for hydroxylation is 2. The first-order valence-electron chi connectivity index (χ1n) is 8.53. The molecule has 4 heteroatoms. The Morgan fingerprint density at radius 1 is 1.16 bits per heavy atom. The number of anilines is 1. The van der Waals surface area contributed by atoms with Crippen LogP contribution in [0.4, 0.5) is 5.69 Å². The number of halogens is 1. The molecule has 0 aliphatic heterocycles. The number of fused-ring (bicyclic) bond motifs is 2. The molecule has 1 amide bonds. The number of rotatable bonds is 2. The lowest BCUT2D eigenvalue weighted by molar-refractivity contribution is 0.102. The van der Waals surface area contributed by atoms with Gasteiger partial charge in [-0.1, -0.05) is 23.7 Å². The highest BCUT2D eigenvalue weighted by molar-refractivity contribution is 6.31. The number of carbonyl (C=O) groups excluding carboxylic acids is 1. The number of benzene rings is 2. The summed E-state index contributed by atoms with van der Waals surface area (Å²) < 4.78 is 0. The van der Waals surface area contributed by atoms with Crippen molar-refractivity contribution in [3.63, 3.8) is 0 Å². The van der Waals surface area contributed by atoms with E-state index in [-0.39, 0.29) is 5.91 Å². The highest BCUT2D eigenvalue weighted by Crippen LogP contribution is 2.32. The van der Waals surface area contributed by atoms with Crippen LogP contribution in [0.5, 0.6) is 0 Å². The average molecular weight is 351 g/mol. The normalized spacial score (nSPS) is 13.1. The first kappa shape index (κ1) is 16.1. The molecule has 0 unspecified atom stereocenters. The summed E-state index contributed by atoms with van der Waals surface area (Å²) >= 11 is 6.19. The molecule has 1 aromatic heterocycles. The van der Waals surface area contributed by atoms with Crippen molar-refractivity contribution in [3.05, 3.63) is 69.4 Å². The van der Waals surface area contributed by atoms with Crippen LogP contribution in [-0.2, 0) is 12.8 Å². The fraction of sp³-hybridized carbons (Fsp3) is 0.238. The zero-order valence-corrected chi connectivity index (χ0v) is 15.1. The summed E-state index contributed by atoms with van der Waals surface area (Å²) in [6, 6.07) is 11.5.